The van der Waals surface area contributed by atoms with Crippen molar-refractivity contribution in [3.8, 4) is 11.5 Å². The van der Waals surface area contributed by atoms with Crippen LogP contribution in [-0.2, 0) is 6.54 Å². The summed E-state index contributed by atoms with van der Waals surface area (Å²) in [6.45, 7) is 3.78. The van der Waals surface area contributed by atoms with E-state index in [0.29, 0.717) is 6.04 Å². The standard InChI is InChI=1S/C17H22N2O3/c1-12-9-14(22-18-12)11-19-8-4-5-16(19)15-7-6-13(20-2)10-17(15)21-3/h6-7,9-10,16H,4-5,8,11H2,1-3H3. The molecular weight excluding hydrogens is 280 g/mol. The van der Waals surface area contributed by atoms with E-state index in [4.69, 9.17) is 14.0 Å². The summed E-state index contributed by atoms with van der Waals surface area (Å²) in [4.78, 5) is 2.42. The molecule has 0 amide bonds. The molecule has 5 nitrogen and oxygen atoms in total. The molecule has 0 saturated carbocycles. The van der Waals surface area contributed by atoms with Gasteiger partial charge in [-0.3, -0.25) is 4.90 Å². The molecule has 3 rings (SSSR count). The lowest BCUT2D eigenvalue weighted by molar-refractivity contribution is 0.213. The quantitative estimate of drug-likeness (QED) is 0.848. The van der Waals surface area contributed by atoms with Gasteiger partial charge >= 0.3 is 0 Å². The van der Waals surface area contributed by atoms with Gasteiger partial charge in [-0.25, -0.2) is 0 Å². The topological polar surface area (TPSA) is 47.7 Å². The summed E-state index contributed by atoms with van der Waals surface area (Å²) in [5, 5.41) is 3.97. The van der Waals surface area contributed by atoms with Crippen LogP contribution >= 0.6 is 0 Å². The Labute approximate surface area is 130 Å². The van der Waals surface area contributed by atoms with E-state index in [-0.39, 0.29) is 0 Å². The molecule has 1 aromatic heterocycles. The zero-order valence-corrected chi connectivity index (χ0v) is 13.3. The Balaban J connectivity index is 1.83. The molecule has 2 heterocycles. The molecule has 1 unspecified atom stereocenters. The van der Waals surface area contributed by atoms with E-state index in [0.717, 1.165) is 42.5 Å². The molecule has 0 spiro atoms. The molecule has 0 bridgehead atoms. The maximum absolute atomic E-state index is 5.56. The summed E-state index contributed by atoms with van der Waals surface area (Å²) < 4.78 is 16.2. The summed E-state index contributed by atoms with van der Waals surface area (Å²) in [5.41, 5.74) is 2.13. The van der Waals surface area contributed by atoms with E-state index < -0.39 is 0 Å². The fourth-order valence-corrected chi connectivity index (χ4v) is 3.15. The predicted octanol–water partition coefficient (Wildman–Crippen LogP) is 3.34. The van der Waals surface area contributed by atoms with Crippen molar-refractivity contribution < 1.29 is 14.0 Å². The molecule has 1 saturated heterocycles. The second-order valence-electron chi connectivity index (χ2n) is 5.67. The van der Waals surface area contributed by atoms with Gasteiger partial charge in [0, 0.05) is 23.7 Å². The molecule has 1 aliphatic heterocycles. The van der Waals surface area contributed by atoms with Gasteiger partial charge in [0.15, 0.2) is 5.76 Å². The van der Waals surface area contributed by atoms with Crippen molar-refractivity contribution in [3.63, 3.8) is 0 Å². The van der Waals surface area contributed by atoms with E-state index >= 15 is 0 Å². The molecule has 0 radical (unpaired) electrons. The van der Waals surface area contributed by atoms with Crippen LogP contribution in [0, 0.1) is 6.92 Å². The first-order chi connectivity index (χ1) is 10.7. The molecular formula is C17H22N2O3. The lowest BCUT2D eigenvalue weighted by atomic mass is 10.0. The van der Waals surface area contributed by atoms with Crippen LogP contribution in [0.25, 0.3) is 0 Å². The Hall–Kier alpha value is -2.01. The van der Waals surface area contributed by atoms with Crippen molar-refractivity contribution in [2.75, 3.05) is 20.8 Å². The first-order valence-corrected chi connectivity index (χ1v) is 7.59. The number of nitrogens with zero attached hydrogens (tertiary/aromatic N) is 2. The largest absolute Gasteiger partial charge is 0.497 e. The number of methoxy groups -OCH3 is 2. The van der Waals surface area contributed by atoms with Crippen molar-refractivity contribution in [3.05, 3.63) is 41.3 Å². The number of rotatable bonds is 5. The van der Waals surface area contributed by atoms with Crippen LogP contribution in [0.1, 0.15) is 35.9 Å². The minimum atomic E-state index is 0.339. The van der Waals surface area contributed by atoms with Gasteiger partial charge in [-0.05, 0) is 32.4 Å². The number of aryl methyl sites for hydroxylation is 1. The van der Waals surface area contributed by atoms with Gasteiger partial charge in [-0.15, -0.1) is 0 Å². The summed E-state index contributed by atoms with van der Waals surface area (Å²) >= 11 is 0. The lowest BCUT2D eigenvalue weighted by Gasteiger charge is -2.25. The highest BCUT2D eigenvalue weighted by Crippen LogP contribution is 2.39. The van der Waals surface area contributed by atoms with E-state index in [2.05, 4.69) is 16.1 Å². The Bertz CT molecular complexity index is 639. The highest BCUT2D eigenvalue weighted by molar-refractivity contribution is 5.42. The maximum atomic E-state index is 5.56. The Morgan fingerprint density at radius 3 is 2.82 bits per heavy atom. The number of hydrogen-bond donors (Lipinski definition) is 0. The minimum absolute atomic E-state index is 0.339. The van der Waals surface area contributed by atoms with Crippen molar-refractivity contribution in [2.24, 2.45) is 0 Å². The molecule has 0 aliphatic carbocycles. The van der Waals surface area contributed by atoms with E-state index in [1.165, 1.54) is 12.0 Å². The third kappa shape index (κ3) is 2.95. The highest BCUT2D eigenvalue weighted by atomic mass is 16.5. The van der Waals surface area contributed by atoms with Crippen LogP contribution in [-0.4, -0.2) is 30.8 Å². The third-order valence-electron chi connectivity index (χ3n) is 4.20. The normalized spacial score (nSPS) is 18.6. The summed E-state index contributed by atoms with van der Waals surface area (Å²) in [6, 6.07) is 8.39. The number of likely N-dealkylation sites (tertiary alicyclic amines) is 1. The zero-order chi connectivity index (χ0) is 15.5. The maximum Gasteiger partial charge on any atom is 0.150 e. The zero-order valence-electron chi connectivity index (χ0n) is 13.3. The number of ether oxygens (including phenoxy) is 2. The third-order valence-corrected chi connectivity index (χ3v) is 4.20. The van der Waals surface area contributed by atoms with Gasteiger partial charge in [-0.1, -0.05) is 11.2 Å². The Morgan fingerprint density at radius 1 is 1.27 bits per heavy atom. The van der Waals surface area contributed by atoms with Crippen LogP contribution in [0.3, 0.4) is 0 Å². The number of hydrogen-bond acceptors (Lipinski definition) is 5. The molecule has 1 aromatic carbocycles. The molecule has 1 aliphatic rings. The molecule has 1 fully saturated rings. The Morgan fingerprint density at radius 2 is 2.14 bits per heavy atom. The second-order valence-corrected chi connectivity index (χ2v) is 5.67. The van der Waals surface area contributed by atoms with E-state index in [9.17, 15) is 0 Å². The lowest BCUT2D eigenvalue weighted by Crippen LogP contribution is -2.23. The van der Waals surface area contributed by atoms with Gasteiger partial charge in [-0.2, -0.15) is 0 Å². The van der Waals surface area contributed by atoms with Gasteiger partial charge in [0.25, 0.3) is 0 Å². The Kier molecular flexibility index (Phi) is 4.34. The van der Waals surface area contributed by atoms with Crippen LogP contribution in [0.15, 0.2) is 28.8 Å². The van der Waals surface area contributed by atoms with Crippen molar-refractivity contribution >= 4 is 0 Å². The molecule has 0 N–H and O–H groups in total. The van der Waals surface area contributed by atoms with Crippen molar-refractivity contribution in [2.45, 2.75) is 32.4 Å². The first-order valence-electron chi connectivity index (χ1n) is 7.59. The first kappa shape index (κ1) is 14.9. The average Bonchev–Trinajstić information content (AvgIpc) is 3.16. The highest BCUT2D eigenvalue weighted by Gasteiger charge is 2.29. The molecule has 118 valence electrons. The summed E-state index contributed by atoms with van der Waals surface area (Å²) in [7, 11) is 3.37. The fraction of sp³-hybridized carbons (Fsp3) is 0.471. The summed E-state index contributed by atoms with van der Waals surface area (Å²) in [5.74, 6) is 2.61. The SMILES string of the molecule is COc1ccc(C2CCCN2Cc2cc(C)no2)c(OC)c1. The molecule has 2 aromatic rings. The summed E-state index contributed by atoms with van der Waals surface area (Å²) in [6.07, 6.45) is 2.29. The average molecular weight is 302 g/mol. The van der Waals surface area contributed by atoms with Crippen molar-refractivity contribution in [1.82, 2.24) is 10.1 Å². The molecule has 1 atom stereocenters. The van der Waals surface area contributed by atoms with Gasteiger partial charge in [0.2, 0.25) is 0 Å². The van der Waals surface area contributed by atoms with Gasteiger partial charge in [0.1, 0.15) is 11.5 Å². The fourth-order valence-electron chi connectivity index (χ4n) is 3.15. The van der Waals surface area contributed by atoms with Gasteiger partial charge in [0.05, 0.1) is 26.5 Å². The van der Waals surface area contributed by atoms with Crippen LogP contribution in [0.5, 0.6) is 11.5 Å². The second kappa shape index (κ2) is 6.40. The molecule has 5 heteroatoms. The van der Waals surface area contributed by atoms with E-state index in [1.54, 1.807) is 14.2 Å². The van der Waals surface area contributed by atoms with Crippen molar-refractivity contribution in [1.29, 1.82) is 0 Å². The minimum Gasteiger partial charge on any atom is -0.497 e. The monoisotopic (exact) mass is 302 g/mol. The number of benzene rings is 1. The van der Waals surface area contributed by atoms with Gasteiger partial charge < -0.3 is 14.0 Å². The van der Waals surface area contributed by atoms with E-state index in [1.807, 2.05) is 25.1 Å². The molecule has 22 heavy (non-hydrogen) atoms. The smallest absolute Gasteiger partial charge is 0.150 e. The van der Waals surface area contributed by atoms with Crippen LogP contribution in [0.4, 0.5) is 0 Å². The van der Waals surface area contributed by atoms with Crippen LogP contribution in [0.2, 0.25) is 0 Å². The number of aromatic nitrogens is 1. The van der Waals surface area contributed by atoms with Crippen LogP contribution < -0.4 is 9.47 Å². The predicted molar refractivity (Wildman–Crippen MR) is 83.2 cm³/mol.